The zero-order valence-electron chi connectivity index (χ0n) is 59.0. The average molecular weight is 1260 g/mol. The summed E-state index contributed by atoms with van der Waals surface area (Å²) < 4.78 is 10.8. The molecule has 0 spiro atoms. The highest BCUT2D eigenvalue weighted by atomic mass is 16.6. The summed E-state index contributed by atoms with van der Waals surface area (Å²) in [6.45, 7) is 3.90. The normalized spacial score (nSPS) is 13.6. The maximum absolute atomic E-state index is 12.4. The first kappa shape index (κ1) is 86.2. The molecular weight excluding hydrogens is 1120 g/mol. The van der Waals surface area contributed by atoms with Crippen LogP contribution in [0.5, 0.6) is 0 Å². The molecule has 0 aromatic heterocycles. The van der Waals surface area contributed by atoms with Crippen molar-refractivity contribution in [2.24, 2.45) is 0 Å². The molecule has 0 aliphatic rings. The topological polar surface area (TPSA) is 72.8 Å². The van der Waals surface area contributed by atoms with Crippen molar-refractivity contribution in [1.29, 1.82) is 0 Å². The molecule has 0 heterocycles. The lowest BCUT2D eigenvalue weighted by molar-refractivity contribution is -0.161. The fourth-order valence-corrected chi connectivity index (χ4v) is 9.78. The molecule has 0 rings (SSSR count). The van der Waals surface area contributed by atoms with E-state index in [-0.39, 0.29) is 25.2 Å². The van der Waals surface area contributed by atoms with E-state index in [1.54, 1.807) is 0 Å². The number of ether oxygens (including phenoxy) is 2. The highest BCUT2D eigenvalue weighted by molar-refractivity contribution is 5.70. The maximum Gasteiger partial charge on any atom is 0.306 e. The molecule has 0 saturated heterocycles. The third-order valence-corrected chi connectivity index (χ3v) is 15.3. The van der Waals surface area contributed by atoms with Crippen LogP contribution in [0.4, 0.5) is 0 Å². The Kier molecular flexibility index (Phi) is 74.5. The Hall–Kier alpha value is -5.78. The lowest BCUT2D eigenvalue weighted by atomic mass is 10.0. The maximum atomic E-state index is 12.4. The smallest absolute Gasteiger partial charge is 0.306 e. The predicted octanol–water partition coefficient (Wildman–Crippen LogP) is 26.6. The molecule has 5 heteroatoms. The number of hydrogen-bond donors (Lipinski definition) is 1. The van der Waals surface area contributed by atoms with Crippen LogP contribution in [0.25, 0.3) is 0 Å². The summed E-state index contributed by atoms with van der Waals surface area (Å²) >= 11 is 0. The summed E-state index contributed by atoms with van der Waals surface area (Å²) in [7, 11) is 0. The van der Waals surface area contributed by atoms with E-state index in [1.165, 1.54) is 103 Å². The van der Waals surface area contributed by atoms with Crippen LogP contribution in [-0.2, 0) is 19.1 Å². The van der Waals surface area contributed by atoms with Crippen LogP contribution in [0.2, 0.25) is 0 Å². The van der Waals surface area contributed by atoms with Gasteiger partial charge in [0.2, 0.25) is 0 Å². The van der Waals surface area contributed by atoms with E-state index in [0.717, 1.165) is 167 Å². The Morgan fingerprint density at radius 3 is 0.652 bits per heavy atom. The fourth-order valence-electron chi connectivity index (χ4n) is 9.78. The van der Waals surface area contributed by atoms with Gasteiger partial charge in [0.15, 0.2) is 6.10 Å². The summed E-state index contributed by atoms with van der Waals surface area (Å²) in [5.74, 6) is -0.615. The first-order valence-corrected chi connectivity index (χ1v) is 37.3. The third kappa shape index (κ3) is 76.7. The van der Waals surface area contributed by atoms with Gasteiger partial charge in [0.05, 0.1) is 6.61 Å². The molecule has 1 unspecified atom stereocenters. The molecule has 1 atom stereocenters. The van der Waals surface area contributed by atoms with Gasteiger partial charge < -0.3 is 14.6 Å². The summed E-state index contributed by atoms with van der Waals surface area (Å²) in [4.78, 5) is 24.7. The van der Waals surface area contributed by atoms with Gasteiger partial charge in [0.25, 0.3) is 0 Å². The molecule has 92 heavy (non-hydrogen) atoms. The Bertz CT molecular complexity index is 2170. The van der Waals surface area contributed by atoms with E-state index in [9.17, 15) is 14.7 Å². The molecule has 1 N–H and O–H groups in total. The molecule has 5 nitrogen and oxygen atoms in total. The van der Waals surface area contributed by atoms with Crippen molar-refractivity contribution in [3.8, 4) is 0 Å². The van der Waals surface area contributed by atoms with Crippen LogP contribution in [-0.4, -0.2) is 36.4 Å². The largest absolute Gasteiger partial charge is 0.462 e. The van der Waals surface area contributed by atoms with E-state index < -0.39 is 6.10 Å². The summed E-state index contributed by atoms with van der Waals surface area (Å²) in [6.07, 6.45) is 128. The number of carbonyl (C=O) groups excluding carboxylic acids is 2. The van der Waals surface area contributed by atoms with E-state index in [0.29, 0.717) is 12.8 Å². The molecule has 0 bridgehead atoms. The Labute approximate surface area is 567 Å². The van der Waals surface area contributed by atoms with Crippen LogP contribution in [0.3, 0.4) is 0 Å². The minimum absolute atomic E-state index is 0.0832. The van der Waals surface area contributed by atoms with Gasteiger partial charge in [0.1, 0.15) is 6.61 Å². The van der Waals surface area contributed by atoms with Crippen molar-refractivity contribution in [2.45, 2.75) is 302 Å². The Morgan fingerprint density at radius 2 is 0.435 bits per heavy atom. The molecule has 514 valence electrons. The van der Waals surface area contributed by atoms with Gasteiger partial charge in [-0.2, -0.15) is 0 Å². The van der Waals surface area contributed by atoms with Gasteiger partial charge in [-0.3, -0.25) is 9.59 Å². The van der Waals surface area contributed by atoms with Gasteiger partial charge in [0, 0.05) is 12.8 Å². The molecule has 0 aromatic carbocycles. The highest BCUT2D eigenvalue weighted by Gasteiger charge is 2.16. The van der Waals surface area contributed by atoms with E-state index in [4.69, 9.17) is 9.47 Å². The molecular formula is C87H136O5. The van der Waals surface area contributed by atoms with Crippen molar-refractivity contribution in [1.82, 2.24) is 0 Å². The van der Waals surface area contributed by atoms with E-state index in [2.05, 4.69) is 233 Å². The van der Waals surface area contributed by atoms with Gasteiger partial charge in [-0.1, -0.05) is 348 Å². The zero-order chi connectivity index (χ0) is 66.1. The second kappa shape index (κ2) is 79.5. The minimum Gasteiger partial charge on any atom is -0.462 e. The predicted molar refractivity (Wildman–Crippen MR) is 407 cm³/mol. The number of carbonyl (C=O) groups is 2. The summed E-state index contributed by atoms with van der Waals surface area (Å²) in [5, 5.41) is 9.72. The second-order valence-electron chi connectivity index (χ2n) is 23.9. The Balaban J connectivity index is 3.58. The highest BCUT2D eigenvalue weighted by Crippen LogP contribution is 2.16. The molecule has 0 aliphatic carbocycles. The number of aliphatic hydroxyl groups is 1. The minimum atomic E-state index is -0.797. The number of esters is 2. The monoisotopic (exact) mass is 1260 g/mol. The first-order chi connectivity index (χ1) is 45.6. The standard InChI is InChI=1S/C87H136O5/c1-3-5-7-9-11-13-15-17-19-21-23-25-27-29-31-33-35-37-39-41-42-43-44-46-47-49-51-53-55-57-59-61-63-65-67-69-71-73-75-77-79-81-86(89)91-84-85(83-88)92-87(90)82-80-78-76-74-72-70-68-66-64-62-60-58-56-54-52-50-48-45-40-38-36-34-32-30-28-26-24-22-20-18-16-14-12-10-8-6-4-2/h5-8,11-14,17-20,23-26,29-32,35-38,41-42,44-46,48,52,54,58,60,64,66,85,88H,3-4,9-10,15-16,21-22,27-28,33-34,39-40,43,47,49-51,53,55-57,59,61-63,65,67-84H2,1-2H3/b7-5-,8-6-,13-11-,14-12-,19-17-,20-18-,25-23-,26-24-,31-29-,32-30-,37-35-,38-36-,42-41-,46-44-,48-45-,54-52-,60-58-,66-64-. The molecule has 0 aromatic rings. The van der Waals surface area contributed by atoms with E-state index >= 15 is 0 Å². The van der Waals surface area contributed by atoms with Crippen molar-refractivity contribution in [3.63, 3.8) is 0 Å². The number of rotatable bonds is 66. The number of hydrogen-bond acceptors (Lipinski definition) is 5. The molecule has 0 fully saturated rings. The Morgan fingerprint density at radius 1 is 0.250 bits per heavy atom. The molecule has 0 amide bonds. The van der Waals surface area contributed by atoms with Gasteiger partial charge in [-0.25, -0.2) is 0 Å². The molecule has 0 saturated carbocycles. The molecule has 0 radical (unpaired) electrons. The second-order valence-corrected chi connectivity index (χ2v) is 23.9. The first-order valence-electron chi connectivity index (χ1n) is 37.3. The number of aliphatic hydroxyl groups excluding tert-OH is 1. The number of unbranched alkanes of at least 4 members (excludes halogenated alkanes) is 22. The lowest BCUT2D eigenvalue weighted by Crippen LogP contribution is -2.28. The molecule has 0 aliphatic heterocycles. The van der Waals surface area contributed by atoms with Crippen LogP contribution in [0, 0.1) is 0 Å². The van der Waals surface area contributed by atoms with Gasteiger partial charge >= 0.3 is 11.9 Å². The van der Waals surface area contributed by atoms with Crippen molar-refractivity contribution >= 4 is 11.9 Å². The van der Waals surface area contributed by atoms with Crippen molar-refractivity contribution in [2.75, 3.05) is 13.2 Å². The van der Waals surface area contributed by atoms with Gasteiger partial charge in [-0.15, -0.1) is 0 Å². The van der Waals surface area contributed by atoms with Crippen LogP contribution in [0.1, 0.15) is 296 Å². The third-order valence-electron chi connectivity index (χ3n) is 15.3. The van der Waals surface area contributed by atoms with Gasteiger partial charge in [-0.05, 0) is 154 Å². The number of allylic oxidation sites excluding steroid dienone is 36. The van der Waals surface area contributed by atoms with Crippen molar-refractivity contribution in [3.05, 3.63) is 219 Å². The van der Waals surface area contributed by atoms with Crippen LogP contribution >= 0.6 is 0 Å². The fraction of sp³-hybridized carbons (Fsp3) is 0.563. The van der Waals surface area contributed by atoms with Crippen LogP contribution < -0.4 is 0 Å². The summed E-state index contributed by atoms with van der Waals surface area (Å²) in [6, 6.07) is 0. The SMILES string of the molecule is CC/C=C\C/C=C\C/C=C\C/C=C\C/C=C\C/C=C\C/C=C\C/C=C\C/C=C\C/C=C\CCCCCCCCC(=O)OC(CO)COC(=O)CCCCCCCCCCCCCCCCCC/C=C\C/C=C\C/C=C\C/C=C\C/C=C\C/C=C\C/C=C\C/C=C\CC. The summed E-state index contributed by atoms with van der Waals surface area (Å²) in [5.41, 5.74) is 0. The van der Waals surface area contributed by atoms with E-state index in [1.807, 2.05) is 0 Å². The van der Waals surface area contributed by atoms with Crippen molar-refractivity contribution < 1.29 is 24.2 Å². The zero-order valence-corrected chi connectivity index (χ0v) is 59.0. The quantitative estimate of drug-likeness (QED) is 0.0373. The lowest BCUT2D eigenvalue weighted by Gasteiger charge is -2.15. The van der Waals surface area contributed by atoms with Crippen LogP contribution in [0.15, 0.2) is 219 Å². The average Bonchev–Trinajstić information content (AvgIpc) is 3.70.